The highest BCUT2D eigenvalue weighted by Crippen LogP contribution is 2.14. The van der Waals surface area contributed by atoms with Gasteiger partial charge >= 0.3 is 5.97 Å². The summed E-state index contributed by atoms with van der Waals surface area (Å²) in [5, 5.41) is 3.32. The zero-order valence-electron chi connectivity index (χ0n) is 7.09. The highest BCUT2D eigenvalue weighted by molar-refractivity contribution is 5.69. The van der Waals surface area contributed by atoms with Gasteiger partial charge in [-0.1, -0.05) is 0 Å². The summed E-state index contributed by atoms with van der Waals surface area (Å²) in [6.07, 6.45) is 2.78. The van der Waals surface area contributed by atoms with Crippen LogP contribution in [-0.2, 0) is 9.53 Å². The minimum atomic E-state index is -0.114. The Labute approximate surface area is 67.1 Å². The van der Waals surface area contributed by atoms with Gasteiger partial charge in [-0.25, -0.2) is 0 Å². The van der Waals surface area contributed by atoms with Crippen molar-refractivity contribution in [3.63, 3.8) is 0 Å². The van der Waals surface area contributed by atoms with Crippen LogP contribution in [0.25, 0.3) is 0 Å². The third kappa shape index (κ3) is 2.50. The Balaban J connectivity index is 2.23. The molecule has 0 radical (unpaired) electrons. The number of carbonyl (C=O) groups excluding carboxylic acids is 1. The minimum absolute atomic E-state index is 0.114. The molecule has 0 aromatic rings. The molecule has 1 N–H and O–H groups in total. The van der Waals surface area contributed by atoms with Crippen molar-refractivity contribution in [1.29, 1.82) is 0 Å². The van der Waals surface area contributed by atoms with Gasteiger partial charge in [-0.3, -0.25) is 4.79 Å². The van der Waals surface area contributed by atoms with Crippen LogP contribution in [0.1, 0.15) is 26.2 Å². The number of esters is 1. The van der Waals surface area contributed by atoms with E-state index in [4.69, 9.17) is 0 Å². The molecule has 3 nitrogen and oxygen atoms in total. The predicted molar refractivity (Wildman–Crippen MR) is 42.3 cm³/mol. The molecule has 1 saturated heterocycles. The molecule has 3 heteroatoms. The lowest BCUT2D eigenvalue weighted by Gasteiger charge is -2.08. The molecule has 64 valence electrons. The lowest BCUT2D eigenvalue weighted by molar-refractivity contribution is -0.141. The normalized spacial score (nSPS) is 30.4. The van der Waals surface area contributed by atoms with Gasteiger partial charge in [0.1, 0.15) is 0 Å². The van der Waals surface area contributed by atoms with Crippen LogP contribution in [0.5, 0.6) is 0 Å². The van der Waals surface area contributed by atoms with Gasteiger partial charge in [-0.05, 0) is 19.8 Å². The number of carbonyl (C=O) groups is 1. The Kier molecular flexibility index (Phi) is 2.88. The predicted octanol–water partition coefficient (Wildman–Crippen LogP) is 0.690. The molecule has 11 heavy (non-hydrogen) atoms. The third-order valence-corrected chi connectivity index (χ3v) is 2.11. The summed E-state index contributed by atoms with van der Waals surface area (Å²) >= 11 is 0. The summed E-state index contributed by atoms with van der Waals surface area (Å²) < 4.78 is 4.57. The van der Waals surface area contributed by atoms with Crippen LogP contribution in [0, 0.1) is 0 Å². The fourth-order valence-electron chi connectivity index (χ4n) is 1.47. The van der Waals surface area contributed by atoms with Crippen molar-refractivity contribution in [3.8, 4) is 0 Å². The van der Waals surface area contributed by atoms with Crippen LogP contribution >= 0.6 is 0 Å². The van der Waals surface area contributed by atoms with Gasteiger partial charge in [0, 0.05) is 12.1 Å². The van der Waals surface area contributed by atoms with Gasteiger partial charge in [0.15, 0.2) is 0 Å². The Hall–Kier alpha value is -0.570. The number of rotatable bonds is 2. The van der Waals surface area contributed by atoms with Gasteiger partial charge in [0.25, 0.3) is 0 Å². The van der Waals surface area contributed by atoms with Crippen molar-refractivity contribution in [1.82, 2.24) is 5.32 Å². The van der Waals surface area contributed by atoms with Crippen molar-refractivity contribution in [2.45, 2.75) is 38.3 Å². The molecular weight excluding hydrogens is 142 g/mol. The van der Waals surface area contributed by atoms with Crippen LogP contribution in [0.3, 0.4) is 0 Å². The summed E-state index contributed by atoms with van der Waals surface area (Å²) in [6, 6.07) is 0.905. The highest BCUT2D eigenvalue weighted by Gasteiger charge is 2.22. The van der Waals surface area contributed by atoms with Gasteiger partial charge in [0.2, 0.25) is 0 Å². The van der Waals surface area contributed by atoms with Crippen molar-refractivity contribution < 1.29 is 9.53 Å². The zero-order valence-corrected chi connectivity index (χ0v) is 7.09. The Morgan fingerprint density at radius 2 is 2.36 bits per heavy atom. The van der Waals surface area contributed by atoms with E-state index in [2.05, 4.69) is 17.0 Å². The first-order valence-corrected chi connectivity index (χ1v) is 4.05. The number of hydrogen-bond acceptors (Lipinski definition) is 3. The van der Waals surface area contributed by atoms with Crippen molar-refractivity contribution >= 4 is 5.97 Å². The number of hydrogen-bond donors (Lipinski definition) is 1. The second-order valence-corrected chi connectivity index (χ2v) is 3.12. The Morgan fingerprint density at radius 3 is 2.82 bits per heavy atom. The molecule has 0 aromatic carbocycles. The van der Waals surface area contributed by atoms with Crippen LogP contribution in [0.2, 0.25) is 0 Å². The lowest BCUT2D eigenvalue weighted by atomic mass is 10.1. The zero-order chi connectivity index (χ0) is 8.27. The summed E-state index contributed by atoms with van der Waals surface area (Å²) in [5.74, 6) is -0.114. The van der Waals surface area contributed by atoms with Gasteiger partial charge in [-0.15, -0.1) is 0 Å². The molecule has 0 aliphatic carbocycles. The van der Waals surface area contributed by atoms with Crippen LogP contribution in [0.4, 0.5) is 0 Å². The van der Waals surface area contributed by atoms with Crippen molar-refractivity contribution in [3.05, 3.63) is 0 Å². The fraction of sp³-hybridized carbons (Fsp3) is 0.875. The van der Waals surface area contributed by atoms with E-state index in [1.807, 2.05) is 0 Å². The molecular formula is C8H15NO2. The van der Waals surface area contributed by atoms with E-state index in [0.717, 1.165) is 6.42 Å². The average molecular weight is 157 g/mol. The van der Waals surface area contributed by atoms with E-state index in [9.17, 15) is 4.79 Å². The van der Waals surface area contributed by atoms with Crippen molar-refractivity contribution in [2.24, 2.45) is 0 Å². The van der Waals surface area contributed by atoms with Crippen LogP contribution in [-0.4, -0.2) is 25.2 Å². The monoisotopic (exact) mass is 157 g/mol. The molecule has 0 aromatic heterocycles. The maximum Gasteiger partial charge on any atom is 0.307 e. The first kappa shape index (κ1) is 8.53. The number of methoxy groups -OCH3 is 1. The molecule has 0 amide bonds. The molecule has 1 aliphatic heterocycles. The second kappa shape index (κ2) is 3.72. The molecule has 1 fully saturated rings. The van der Waals surface area contributed by atoms with E-state index < -0.39 is 0 Å². The van der Waals surface area contributed by atoms with Crippen molar-refractivity contribution in [2.75, 3.05) is 7.11 Å². The quantitative estimate of drug-likeness (QED) is 0.599. The molecule has 0 bridgehead atoms. The SMILES string of the molecule is COC(=O)C[C@@H]1CC[C@H](C)N1. The molecule has 1 heterocycles. The molecule has 1 rings (SSSR count). The summed E-state index contributed by atoms with van der Waals surface area (Å²) in [6.45, 7) is 2.14. The van der Waals surface area contributed by atoms with Gasteiger partial charge in [0.05, 0.1) is 13.5 Å². The van der Waals surface area contributed by atoms with Gasteiger partial charge in [-0.2, -0.15) is 0 Å². The molecule has 1 aliphatic rings. The maximum absolute atomic E-state index is 10.8. The van der Waals surface area contributed by atoms with Crippen LogP contribution < -0.4 is 5.32 Å². The van der Waals surface area contributed by atoms with Crippen LogP contribution in [0.15, 0.2) is 0 Å². The largest absolute Gasteiger partial charge is 0.469 e. The minimum Gasteiger partial charge on any atom is -0.469 e. The third-order valence-electron chi connectivity index (χ3n) is 2.11. The standard InChI is InChI=1S/C8H15NO2/c1-6-3-4-7(9-6)5-8(10)11-2/h6-7,9H,3-5H2,1-2H3/t6-,7-/m0/s1. The molecule has 0 unspecified atom stereocenters. The maximum atomic E-state index is 10.8. The van der Waals surface area contributed by atoms with Gasteiger partial charge < -0.3 is 10.1 Å². The Morgan fingerprint density at radius 1 is 1.64 bits per heavy atom. The lowest BCUT2D eigenvalue weighted by Crippen LogP contribution is -2.29. The first-order valence-electron chi connectivity index (χ1n) is 4.05. The number of ether oxygens (including phenoxy) is 1. The summed E-state index contributed by atoms with van der Waals surface area (Å²) in [7, 11) is 1.43. The molecule has 0 spiro atoms. The smallest absolute Gasteiger partial charge is 0.307 e. The second-order valence-electron chi connectivity index (χ2n) is 3.12. The Bertz CT molecular complexity index is 147. The highest BCUT2D eigenvalue weighted by atomic mass is 16.5. The summed E-state index contributed by atoms with van der Waals surface area (Å²) in [4.78, 5) is 10.8. The average Bonchev–Trinajstić information content (AvgIpc) is 2.35. The van der Waals surface area contributed by atoms with E-state index in [0.29, 0.717) is 18.5 Å². The fourth-order valence-corrected chi connectivity index (χ4v) is 1.47. The number of nitrogens with one attached hydrogen (secondary N) is 1. The topological polar surface area (TPSA) is 38.3 Å². The molecule has 0 saturated carbocycles. The first-order chi connectivity index (χ1) is 5.22. The van der Waals surface area contributed by atoms with E-state index in [-0.39, 0.29) is 5.97 Å². The summed E-state index contributed by atoms with van der Waals surface area (Å²) in [5.41, 5.74) is 0. The molecule has 2 atom stereocenters. The van der Waals surface area contributed by atoms with E-state index in [1.54, 1.807) is 0 Å². The van der Waals surface area contributed by atoms with E-state index in [1.165, 1.54) is 13.5 Å². The van der Waals surface area contributed by atoms with E-state index >= 15 is 0 Å².